The van der Waals surface area contributed by atoms with E-state index in [0.717, 1.165) is 31.4 Å². The van der Waals surface area contributed by atoms with Gasteiger partial charge in [-0.3, -0.25) is 0 Å². The minimum Gasteiger partial charge on any atom is -0.491 e. The number of rotatable bonds is 9. The van der Waals surface area contributed by atoms with Crippen LogP contribution in [0.15, 0.2) is 24.3 Å². The number of ether oxygens (including phenoxy) is 1. The van der Waals surface area contributed by atoms with E-state index in [0.29, 0.717) is 18.3 Å². The van der Waals surface area contributed by atoms with Gasteiger partial charge in [-0.05, 0) is 37.8 Å². The van der Waals surface area contributed by atoms with Gasteiger partial charge in [0.15, 0.2) is 0 Å². The molecule has 4 nitrogen and oxygen atoms in total. The number of benzene rings is 1. The second-order valence-corrected chi connectivity index (χ2v) is 5.57. The van der Waals surface area contributed by atoms with Crippen LogP contribution >= 0.6 is 0 Å². The second-order valence-electron chi connectivity index (χ2n) is 5.57. The summed E-state index contributed by atoms with van der Waals surface area (Å²) in [5, 5.41) is 22.6. The molecule has 4 heteroatoms. The Hall–Kier alpha value is -1.10. The molecule has 1 unspecified atom stereocenters. The number of nitrogens with one attached hydrogen (secondary N) is 1. The molecule has 3 N–H and O–H groups in total. The summed E-state index contributed by atoms with van der Waals surface area (Å²) in [5.74, 6) is 1.19. The van der Waals surface area contributed by atoms with Gasteiger partial charge < -0.3 is 20.3 Å². The molecule has 2 rings (SSSR count). The molecule has 1 aliphatic carbocycles. The van der Waals surface area contributed by atoms with Gasteiger partial charge in [0.2, 0.25) is 0 Å². The third-order valence-corrected chi connectivity index (χ3v) is 4.00. The van der Waals surface area contributed by atoms with E-state index in [4.69, 9.17) is 4.74 Å². The highest BCUT2D eigenvalue weighted by Crippen LogP contribution is 2.40. The summed E-state index contributed by atoms with van der Waals surface area (Å²) >= 11 is 0. The maximum absolute atomic E-state index is 9.83. The summed E-state index contributed by atoms with van der Waals surface area (Å²) in [6, 6.07) is 7.49. The van der Waals surface area contributed by atoms with E-state index in [1.165, 1.54) is 0 Å². The van der Waals surface area contributed by atoms with E-state index in [1.807, 2.05) is 24.3 Å². The molecule has 1 aliphatic rings. The highest BCUT2D eigenvalue weighted by molar-refractivity contribution is 5.32. The molecule has 1 saturated carbocycles. The van der Waals surface area contributed by atoms with Crippen molar-refractivity contribution in [3.63, 3.8) is 0 Å². The molecule has 112 valence electrons. The van der Waals surface area contributed by atoms with Crippen LogP contribution in [0.4, 0.5) is 0 Å². The lowest BCUT2D eigenvalue weighted by Gasteiger charge is -2.33. The van der Waals surface area contributed by atoms with Crippen LogP contribution in [-0.2, 0) is 6.61 Å². The molecule has 1 aromatic rings. The molecule has 0 heterocycles. The molecule has 0 bridgehead atoms. The molecular formula is C16H25NO3. The maximum atomic E-state index is 9.83. The highest BCUT2D eigenvalue weighted by atomic mass is 16.5. The van der Waals surface area contributed by atoms with Gasteiger partial charge in [0.05, 0.1) is 18.8 Å². The first-order chi connectivity index (χ1) is 9.75. The van der Waals surface area contributed by atoms with Gasteiger partial charge in [0.25, 0.3) is 0 Å². The van der Waals surface area contributed by atoms with Gasteiger partial charge in [-0.25, -0.2) is 0 Å². The van der Waals surface area contributed by atoms with Crippen LogP contribution < -0.4 is 10.1 Å². The Morgan fingerprint density at radius 2 is 2.05 bits per heavy atom. The first kappa shape index (κ1) is 15.3. The Bertz CT molecular complexity index is 420. The zero-order valence-corrected chi connectivity index (χ0v) is 12.1. The molecule has 1 aromatic carbocycles. The number of hydrogen-bond donors (Lipinski definition) is 3. The van der Waals surface area contributed by atoms with Crippen LogP contribution in [0, 0.1) is 5.92 Å². The van der Waals surface area contributed by atoms with Crippen molar-refractivity contribution in [1.82, 2.24) is 5.32 Å². The SMILES string of the molecule is CCCNC(CO)(COc1ccccc1CO)C1CC1. The smallest absolute Gasteiger partial charge is 0.124 e. The van der Waals surface area contributed by atoms with Crippen molar-refractivity contribution in [1.29, 1.82) is 0 Å². The largest absolute Gasteiger partial charge is 0.491 e. The normalized spacial score (nSPS) is 17.8. The van der Waals surface area contributed by atoms with Gasteiger partial charge in [-0.15, -0.1) is 0 Å². The Balaban J connectivity index is 2.04. The first-order valence-corrected chi connectivity index (χ1v) is 7.43. The molecular weight excluding hydrogens is 254 g/mol. The standard InChI is InChI=1S/C16H25NO3/c1-2-9-17-16(11-19,14-7-8-14)12-20-15-6-4-3-5-13(15)10-18/h3-6,14,17-19H,2,7-12H2,1H3. The summed E-state index contributed by atoms with van der Waals surface area (Å²) in [6.45, 7) is 3.48. The second kappa shape index (κ2) is 7.07. The van der Waals surface area contributed by atoms with Crippen LogP contribution in [0.3, 0.4) is 0 Å². The lowest BCUT2D eigenvalue weighted by atomic mass is 9.95. The molecule has 0 spiro atoms. The van der Waals surface area contributed by atoms with Crippen molar-refractivity contribution in [2.75, 3.05) is 19.8 Å². The molecule has 0 amide bonds. The number of aliphatic hydroxyl groups is 2. The monoisotopic (exact) mass is 279 g/mol. The van der Waals surface area contributed by atoms with Crippen LogP contribution in [0.1, 0.15) is 31.7 Å². The molecule has 1 fully saturated rings. The summed E-state index contributed by atoms with van der Waals surface area (Å²) in [6.07, 6.45) is 3.31. The Morgan fingerprint density at radius 3 is 2.65 bits per heavy atom. The highest BCUT2D eigenvalue weighted by Gasteiger charge is 2.45. The van der Waals surface area contributed by atoms with E-state index in [2.05, 4.69) is 12.2 Å². The Morgan fingerprint density at radius 1 is 1.30 bits per heavy atom. The lowest BCUT2D eigenvalue weighted by molar-refractivity contribution is 0.0839. The van der Waals surface area contributed by atoms with E-state index in [9.17, 15) is 10.2 Å². The lowest BCUT2D eigenvalue weighted by Crippen LogP contribution is -2.55. The average molecular weight is 279 g/mol. The summed E-state index contributed by atoms with van der Waals surface area (Å²) in [4.78, 5) is 0. The van der Waals surface area contributed by atoms with Crippen LogP contribution in [-0.4, -0.2) is 35.5 Å². The van der Waals surface area contributed by atoms with E-state index < -0.39 is 0 Å². The number of para-hydroxylation sites is 1. The van der Waals surface area contributed by atoms with Gasteiger partial charge in [0, 0.05) is 5.56 Å². The molecule has 0 aromatic heterocycles. The fourth-order valence-corrected chi connectivity index (χ4v) is 2.54. The maximum Gasteiger partial charge on any atom is 0.124 e. The van der Waals surface area contributed by atoms with E-state index in [1.54, 1.807) is 0 Å². The Kier molecular flexibility index (Phi) is 5.40. The minimum absolute atomic E-state index is 0.0336. The van der Waals surface area contributed by atoms with E-state index in [-0.39, 0.29) is 18.8 Å². The van der Waals surface area contributed by atoms with Gasteiger partial charge in [-0.2, -0.15) is 0 Å². The van der Waals surface area contributed by atoms with Gasteiger partial charge in [-0.1, -0.05) is 25.1 Å². The Labute approximate surface area is 120 Å². The summed E-state index contributed by atoms with van der Waals surface area (Å²) < 4.78 is 5.90. The quantitative estimate of drug-likeness (QED) is 0.644. The summed E-state index contributed by atoms with van der Waals surface area (Å²) in [5.41, 5.74) is 0.434. The van der Waals surface area contributed by atoms with Crippen LogP contribution in [0.25, 0.3) is 0 Å². The van der Waals surface area contributed by atoms with Gasteiger partial charge >= 0.3 is 0 Å². The van der Waals surface area contributed by atoms with Crippen molar-refractivity contribution in [3.8, 4) is 5.75 Å². The van der Waals surface area contributed by atoms with E-state index >= 15 is 0 Å². The van der Waals surface area contributed by atoms with Crippen molar-refractivity contribution in [2.45, 2.75) is 38.3 Å². The molecule has 0 saturated heterocycles. The van der Waals surface area contributed by atoms with Crippen molar-refractivity contribution < 1.29 is 14.9 Å². The van der Waals surface area contributed by atoms with Crippen molar-refractivity contribution in [3.05, 3.63) is 29.8 Å². The predicted molar refractivity (Wildman–Crippen MR) is 78.7 cm³/mol. The topological polar surface area (TPSA) is 61.7 Å². The molecule has 20 heavy (non-hydrogen) atoms. The fourth-order valence-electron chi connectivity index (χ4n) is 2.54. The molecule has 0 aliphatic heterocycles. The zero-order valence-electron chi connectivity index (χ0n) is 12.1. The third kappa shape index (κ3) is 3.51. The summed E-state index contributed by atoms with van der Waals surface area (Å²) in [7, 11) is 0. The first-order valence-electron chi connectivity index (χ1n) is 7.43. The zero-order chi connectivity index (χ0) is 14.4. The third-order valence-electron chi connectivity index (χ3n) is 4.00. The average Bonchev–Trinajstić information content (AvgIpc) is 3.33. The fraction of sp³-hybridized carbons (Fsp3) is 0.625. The van der Waals surface area contributed by atoms with Gasteiger partial charge in [0.1, 0.15) is 12.4 Å². The minimum atomic E-state index is -0.349. The number of aliphatic hydroxyl groups excluding tert-OH is 2. The number of hydrogen-bond acceptors (Lipinski definition) is 4. The molecule has 0 radical (unpaired) electrons. The van der Waals surface area contributed by atoms with Crippen molar-refractivity contribution in [2.24, 2.45) is 5.92 Å². The van der Waals surface area contributed by atoms with Crippen molar-refractivity contribution >= 4 is 0 Å². The van der Waals surface area contributed by atoms with Crippen LogP contribution in [0.5, 0.6) is 5.75 Å². The predicted octanol–water partition coefficient (Wildman–Crippen LogP) is 1.70. The molecule has 1 atom stereocenters. The van der Waals surface area contributed by atoms with Crippen LogP contribution in [0.2, 0.25) is 0 Å².